The molecule has 12 nitrogen and oxygen atoms in total. The molecule has 2 amide bonds. The largest absolute Gasteiger partial charge is 0.505 e. The van der Waals surface area contributed by atoms with E-state index in [0.717, 1.165) is 5.57 Å². The molecule has 3 rings (SSSR count). The van der Waals surface area contributed by atoms with Crippen LogP contribution in [0.25, 0.3) is 11.0 Å². The number of hydrogen-bond donors (Lipinski definition) is 4. The molecule has 0 spiro atoms. The van der Waals surface area contributed by atoms with E-state index in [2.05, 4.69) is 24.2 Å². The van der Waals surface area contributed by atoms with E-state index in [-0.39, 0.29) is 28.7 Å². The quantitative estimate of drug-likeness (QED) is 0.203. The van der Waals surface area contributed by atoms with Crippen LogP contribution in [0.15, 0.2) is 51.9 Å². The molecule has 1 aliphatic rings. The predicted molar refractivity (Wildman–Crippen MR) is 145 cm³/mol. The number of rotatable bonds is 9. The number of anilines is 1. The summed E-state index contributed by atoms with van der Waals surface area (Å²) in [5.74, 6) is -1.64. The minimum absolute atomic E-state index is 0.0204. The van der Waals surface area contributed by atoms with Gasteiger partial charge in [-0.05, 0) is 51.8 Å². The molecule has 2 heterocycles. The summed E-state index contributed by atoms with van der Waals surface area (Å²) in [4.78, 5) is 37.0. The Kier molecular flexibility index (Phi) is 9.11. The first-order valence-electron chi connectivity index (χ1n) is 12.3. The molecule has 12 heteroatoms. The molecule has 1 fully saturated rings. The SMILES string of the molecule is C=C=C(C)CC(C=C)C(=O)Nc1c(O)c2ccc(O[C@@H]3OC(C)(C)[C@H](OC)[C@@H](OC(N)=O)[C@H]3O)c(C)c2oc1=O. The third-order valence-corrected chi connectivity index (χ3v) is 6.71. The average molecular weight is 559 g/mol. The zero-order valence-corrected chi connectivity index (χ0v) is 23.0. The third kappa shape index (κ3) is 6.05. The molecule has 40 heavy (non-hydrogen) atoms. The highest BCUT2D eigenvalue weighted by Crippen LogP contribution is 2.38. The molecule has 0 saturated carbocycles. The van der Waals surface area contributed by atoms with Crippen molar-refractivity contribution in [2.45, 2.75) is 64.3 Å². The number of aliphatic hydroxyl groups excluding tert-OH is 1. The second-order valence-corrected chi connectivity index (χ2v) is 9.93. The number of aryl methyl sites for hydroxylation is 1. The van der Waals surface area contributed by atoms with Crippen LogP contribution in [0, 0.1) is 12.8 Å². The number of carbonyl (C=O) groups is 2. The van der Waals surface area contributed by atoms with E-state index in [1.54, 1.807) is 27.7 Å². The number of nitrogens with two attached hydrogens (primary N) is 1. The summed E-state index contributed by atoms with van der Waals surface area (Å²) >= 11 is 0. The van der Waals surface area contributed by atoms with Crippen LogP contribution in [-0.2, 0) is 19.0 Å². The number of hydrogen-bond acceptors (Lipinski definition) is 10. The summed E-state index contributed by atoms with van der Waals surface area (Å²) in [6, 6.07) is 2.88. The monoisotopic (exact) mass is 558 g/mol. The highest BCUT2D eigenvalue weighted by atomic mass is 16.7. The number of methoxy groups -OCH3 is 1. The minimum atomic E-state index is -1.50. The van der Waals surface area contributed by atoms with Crippen molar-refractivity contribution in [1.29, 1.82) is 0 Å². The molecule has 1 saturated heterocycles. The highest BCUT2D eigenvalue weighted by Gasteiger charge is 2.53. The van der Waals surface area contributed by atoms with Gasteiger partial charge in [0.15, 0.2) is 23.6 Å². The molecule has 0 radical (unpaired) electrons. The lowest BCUT2D eigenvalue weighted by atomic mass is 9.89. The zero-order valence-electron chi connectivity index (χ0n) is 23.0. The molecule has 1 aromatic heterocycles. The van der Waals surface area contributed by atoms with Gasteiger partial charge in [-0.25, -0.2) is 9.59 Å². The number of aliphatic hydroxyl groups is 1. The molecule has 1 aromatic carbocycles. The number of benzene rings is 1. The van der Waals surface area contributed by atoms with Crippen LogP contribution >= 0.6 is 0 Å². The predicted octanol–water partition coefficient (Wildman–Crippen LogP) is 3.02. The van der Waals surface area contributed by atoms with E-state index in [4.69, 9.17) is 29.1 Å². The first kappa shape index (κ1) is 30.5. The van der Waals surface area contributed by atoms with Gasteiger partial charge in [-0.2, -0.15) is 0 Å². The van der Waals surface area contributed by atoms with E-state index < -0.39 is 65.2 Å². The molecule has 0 aliphatic carbocycles. The Labute approximate surface area is 230 Å². The van der Waals surface area contributed by atoms with E-state index in [9.17, 15) is 24.6 Å². The standard InChI is InChI=1S/C28H34N2O10/c1-8-13(3)12-15(9-2)24(33)30-18-19(31)16-10-11-17(14(4)21(16)38-25(18)34)37-26-20(32)22(39-27(29)35)23(36-7)28(5,6)40-26/h9-11,15,20,22-23,26,31-32H,1-2,12H2,3-7H3,(H2,29,35)(H,30,33)/t15?,20-,22+,23-,26-/m1/s1. The average Bonchev–Trinajstić information content (AvgIpc) is 2.89. The van der Waals surface area contributed by atoms with Gasteiger partial charge in [0, 0.05) is 12.7 Å². The number of ether oxygens (including phenoxy) is 4. The van der Waals surface area contributed by atoms with E-state index in [1.165, 1.54) is 25.3 Å². The second kappa shape index (κ2) is 12.0. The maximum Gasteiger partial charge on any atom is 0.404 e. The van der Waals surface area contributed by atoms with Crippen molar-refractivity contribution in [2.24, 2.45) is 11.7 Å². The second-order valence-electron chi connectivity index (χ2n) is 9.93. The van der Waals surface area contributed by atoms with Gasteiger partial charge in [0.25, 0.3) is 0 Å². The minimum Gasteiger partial charge on any atom is -0.505 e. The fraction of sp³-hybridized carbons (Fsp3) is 0.429. The fourth-order valence-corrected chi connectivity index (χ4v) is 4.57. The van der Waals surface area contributed by atoms with E-state index in [0.29, 0.717) is 0 Å². The number of nitrogens with one attached hydrogen (secondary N) is 1. The summed E-state index contributed by atoms with van der Waals surface area (Å²) in [7, 11) is 1.37. The van der Waals surface area contributed by atoms with Gasteiger partial charge in [-0.1, -0.05) is 12.7 Å². The lowest BCUT2D eigenvalue weighted by Gasteiger charge is -2.47. The van der Waals surface area contributed by atoms with Gasteiger partial charge < -0.3 is 44.6 Å². The van der Waals surface area contributed by atoms with Gasteiger partial charge in [-0.3, -0.25) is 4.79 Å². The fourth-order valence-electron chi connectivity index (χ4n) is 4.57. The number of aromatic hydroxyl groups is 1. The molecular weight excluding hydrogens is 524 g/mol. The number of amides is 2. The van der Waals surface area contributed by atoms with Crippen LogP contribution in [0.4, 0.5) is 10.5 Å². The number of allylic oxidation sites excluding steroid dienone is 1. The Balaban J connectivity index is 1.95. The third-order valence-electron chi connectivity index (χ3n) is 6.71. The van der Waals surface area contributed by atoms with Gasteiger partial charge >= 0.3 is 11.7 Å². The van der Waals surface area contributed by atoms with Crippen molar-refractivity contribution in [2.75, 3.05) is 12.4 Å². The Morgan fingerprint density at radius 3 is 2.60 bits per heavy atom. The Hall–Kier alpha value is -4.09. The first-order chi connectivity index (χ1) is 18.7. The van der Waals surface area contributed by atoms with Crippen LogP contribution < -0.4 is 21.4 Å². The Morgan fingerprint density at radius 2 is 2.02 bits per heavy atom. The topological polar surface area (TPSA) is 180 Å². The summed E-state index contributed by atoms with van der Waals surface area (Å²) in [5.41, 5.74) is 6.37. The Morgan fingerprint density at radius 1 is 1.35 bits per heavy atom. The lowest BCUT2D eigenvalue weighted by molar-refractivity contribution is -0.304. The summed E-state index contributed by atoms with van der Waals surface area (Å²) in [6.45, 7) is 13.8. The molecule has 5 atom stereocenters. The molecule has 2 aromatic rings. The van der Waals surface area contributed by atoms with Crippen LogP contribution in [0.3, 0.4) is 0 Å². The van der Waals surface area contributed by atoms with Gasteiger partial charge in [0.2, 0.25) is 12.2 Å². The molecule has 216 valence electrons. The van der Waals surface area contributed by atoms with Crippen molar-refractivity contribution in [1.82, 2.24) is 0 Å². The highest BCUT2D eigenvalue weighted by molar-refractivity contribution is 5.99. The van der Waals surface area contributed by atoms with Crippen molar-refractivity contribution in [3.63, 3.8) is 0 Å². The molecule has 5 N–H and O–H groups in total. The number of fused-ring (bicyclic) bond motifs is 1. The molecule has 0 bridgehead atoms. The lowest BCUT2D eigenvalue weighted by Crippen LogP contribution is -2.65. The van der Waals surface area contributed by atoms with Crippen molar-refractivity contribution in [3.8, 4) is 11.5 Å². The summed E-state index contributed by atoms with van der Waals surface area (Å²) < 4.78 is 27.8. The van der Waals surface area contributed by atoms with Crippen molar-refractivity contribution >= 4 is 28.7 Å². The maximum atomic E-state index is 12.8. The summed E-state index contributed by atoms with van der Waals surface area (Å²) in [6.07, 6.45) is -4.35. The summed E-state index contributed by atoms with van der Waals surface area (Å²) in [5, 5.41) is 24.3. The van der Waals surface area contributed by atoms with Crippen LogP contribution in [0.5, 0.6) is 11.5 Å². The molecular formula is C28H34N2O10. The van der Waals surface area contributed by atoms with Gasteiger partial charge in [-0.15, -0.1) is 12.3 Å². The zero-order chi connectivity index (χ0) is 29.9. The maximum absolute atomic E-state index is 12.8. The van der Waals surface area contributed by atoms with Gasteiger partial charge in [0.1, 0.15) is 17.4 Å². The van der Waals surface area contributed by atoms with Crippen LogP contribution in [0.1, 0.15) is 32.8 Å². The van der Waals surface area contributed by atoms with Crippen LogP contribution in [0.2, 0.25) is 0 Å². The number of primary amides is 1. The van der Waals surface area contributed by atoms with E-state index >= 15 is 0 Å². The van der Waals surface area contributed by atoms with Crippen LogP contribution in [-0.4, -0.2) is 59.5 Å². The molecule has 1 unspecified atom stereocenters. The normalized spacial score (nSPS) is 22.6. The smallest absolute Gasteiger partial charge is 0.404 e. The molecule has 1 aliphatic heterocycles. The first-order valence-corrected chi connectivity index (χ1v) is 12.3. The Bertz CT molecular complexity index is 1420. The van der Waals surface area contributed by atoms with Crippen molar-refractivity contribution < 1.29 is 43.2 Å². The number of carbonyl (C=O) groups excluding carboxylic acids is 2. The van der Waals surface area contributed by atoms with Crippen molar-refractivity contribution in [3.05, 3.63) is 58.7 Å². The van der Waals surface area contributed by atoms with E-state index in [1.807, 2.05) is 0 Å². The van der Waals surface area contributed by atoms with Gasteiger partial charge in [0.05, 0.1) is 16.9 Å².